The van der Waals surface area contributed by atoms with E-state index in [0.29, 0.717) is 5.56 Å². The molecular weight excluding hydrogens is 319 g/mol. The highest BCUT2D eigenvalue weighted by atomic mass is 19.1. The number of pyridine rings is 1. The fourth-order valence-electron chi connectivity index (χ4n) is 3.07. The monoisotopic (exact) mass is 342 g/mol. The van der Waals surface area contributed by atoms with E-state index in [9.17, 15) is 9.18 Å². The van der Waals surface area contributed by atoms with Crippen molar-refractivity contribution in [2.75, 3.05) is 38.1 Å². The summed E-state index contributed by atoms with van der Waals surface area (Å²) in [6, 6.07) is 7.83. The molecule has 2 aromatic rings. The summed E-state index contributed by atoms with van der Waals surface area (Å²) in [5, 5.41) is 2.96. The van der Waals surface area contributed by atoms with Gasteiger partial charge in [-0.05, 0) is 44.3 Å². The maximum Gasteiger partial charge on any atom is 0.251 e. The highest BCUT2D eigenvalue weighted by Gasteiger charge is 2.21. The van der Waals surface area contributed by atoms with E-state index in [1.807, 2.05) is 13.0 Å². The van der Waals surface area contributed by atoms with Gasteiger partial charge < -0.3 is 15.1 Å². The van der Waals surface area contributed by atoms with Gasteiger partial charge in [-0.1, -0.05) is 0 Å². The van der Waals surface area contributed by atoms with E-state index >= 15 is 0 Å². The number of carbonyl (C=O) groups excluding carboxylic acids is 1. The number of carbonyl (C=O) groups is 1. The molecule has 132 valence electrons. The molecule has 0 saturated carbocycles. The number of hydrogen-bond donors (Lipinski definition) is 1. The van der Waals surface area contributed by atoms with Gasteiger partial charge >= 0.3 is 0 Å². The number of amides is 1. The molecule has 0 radical (unpaired) electrons. The first-order chi connectivity index (χ1) is 12.0. The quantitative estimate of drug-likeness (QED) is 0.927. The third-order valence-electron chi connectivity index (χ3n) is 4.59. The van der Waals surface area contributed by atoms with Crippen molar-refractivity contribution in [1.29, 1.82) is 0 Å². The van der Waals surface area contributed by atoms with Crippen LogP contribution in [0.25, 0.3) is 0 Å². The molecule has 0 unspecified atom stereocenters. The van der Waals surface area contributed by atoms with Gasteiger partial charge in [0.1, 0.15) is 5.82 Å². The van der Waals surface area contributed by atoms with Crippen LogP contribution in [0.1, 0.15) is 28.9 Å². The third kappa shape index (κ3) is 4.14. The first-order valence-corrected chi connectivity index (χ1v) is 8.48. The van der Waals surface area contributed by atoms with Crippen LogP contribution in [-0.2, 0) is 0 Å². The molecule has 1 N–H and O–H groups in total. The predicted molar refractivity (Wildman–Crippen MR) is 96.2 cm³/mol. The number of rotatable bonds is 4. The minimum Gasteiger partial charge on any atom is -0.369 e. The van der Waals surface area contributed by atoms with E-state index in [-0.39, 0.29) is 17.8 Å². The molecule has 1 atom stereocenters. The van der Waals surface area contributed by atoms with Crippen LogP contribution in [0, 0.1) is 5.82 Å². The normalized spacial score (nSPS) is 16.5. The van der Waals surface area contributed by atoms with Crippen molar-refractivity contribution in [2.24, 2.45) is 0 Å². The van der Waals surface area contributed by atoms with E-state index in [1.54, 1.807) is 24.5 Å². The van der Waals surface area contributed by atoms with Crippen LogP contribution in [0.5, 0.6) is 0 Å². The Morgan fingerprint density at radius 2 is 1.84 bits per heavy atom. The van der Waals surface area contributed by atoms with Crippen molar-refractivity contribution < 1.29 is 9.18 Å². The summed E-state index contributed by atoms with van der Waals surface area (Å²) < 4.78 is 13.8. The summed E-state index contributed by atoms with van der Waals surface area (Å²) in [4.78, 5) is 20.8. The lowest BCUT2D eigenvalue weighted by molar-refractivity contribution is 0.0939. The van der Waals surface area contributed by atoms with Crippen LogP contribution in [0.4, 0.5) is 10.1 Å². The molecule has 0 bridgehead atoms. The van der Waals surface area contributed by atoms with Gasteiger partial charge in [0.15, 0.2) is 0 Å². The van der Waals surface area contributed by atoms with Crippen LogP contribution < -0.4 is 10.2 Å². The maximum absolute atomic E-state index is 13.8. The van der Waals surface area contributed by atoms with Crippen LogP contribution in [-0.4, -0.2) is 49.0 Å². The number of anilines is 1. The zero-order valence-electron chi connectivity index (χ0n) is 14.6. The van der Waals surface area contributed by atoms with Gasteiger partial charge in [0.25, 0.3) is 5.91 Å². The van der Waals surface area contributed by atoms with Crippen molar-refractivity contribution in [1.82, 2.24) is 15.2 Å². The Labute approximate surface area is 147 Å². The second-order valence-corrected chi connectivity index (χ2v) is 6.42. The fraction of sp³-hybridized carbons (Fsp3) is 0.368. The van der Waals surface area contributed by atoms with Gasteiger partial charge in [-0.3, -0.25) is 9.78 Å². The van der Waals surface area contributed by atoms with Gasteiger partial charge in [0, 0.05) is 55.4 Å². The van der Waals surface area contributed by atoms with Crippen LogP contribution in [0.3, 0.4) is 0 Å². The standard InChI is InChI=1S/C19H23FN4O/c1-14(22-19(25)15-5-7-21-8-6-15)17-13-16(20)3-4-18(17)24-11-9-23(2)10-12-24/h3-8,13-14H,9-12H2,1-2H3,(H,22,25)/t14-/m0/s1. The molecule has 25 heavy (non-hydrogen) atoms. The molecule has 0 spiro atoms. The van der Waals surface area contributed by atoms with Crippen LogP contribution in [0.15, 0.2) is 42.7 Å². The smallest absolute Gasteiger partial charge is 0.251 e. The zero-order valence-corrected chi connectivity index (χ0v) is 14.6. The molecule has 1 saturated heterocycles. The van der Waals surface area contributed by atoms with Crippen molar-refractivity contribution in [2.45, 2.75) is 13.0 Å². The van der Waals surface area contributed by atoms with Gasteiger partial charge in [0.05, 0.1) is 6.04 Å². The van der Waals surface area contributed by atoms with Crippen molar-refractivity contribution >= 4 is 11.6 Å². The second-order valence-electron chi connectivity index (χ2n) is 6.42. The Morgan fingerprint density at radius 1 is 1.16 bits per heavy atom. The summed E-state index contributed by atoms with van der Waals surface area (Å²) in [7, 11) is 2.10. The highest BCUT2D eigenvalue weighted by molar-refractivity contribution is 5.94. The first-order valence-electron chi connectivity index (χ1n) is 8.48. The Hall–Kier alpha value is -2.47. The minimum absolute atomic E-state index is 0.191. The summed E-state index contributed by atoms with van der Waals surface area (Å²) >= 11 is 0. The van der Waals surface area contributed by atoms with Gasteiger partial charge in [0.2, 0.25) is 0 Å². The minimum atomic E-state index is -0.300. The maximum atomic E-state index is 13.8. The van der Waals surface area contributed by atoms with Gasteiger partial charge in [-0.15, -0.1) is 0 Å². The molecule has 5 nitrogen and oxygen atoms in total. The molecule has 6 heteroatoms. The van der Waals surface area contributed by atoms with Crippen molar-refractivity contribution in [3.8, 4) is 0 Å². The molecule has 3 rings (SSSR count). The summed E-state index contributed by atoms with van der Waals surface area (Å²) in [6.45, 7) is 5.59. The number of piperazine rings is 1. The first kappa shape index (κ1) is 17.4. The van der Waals surface area contributed by atoms with Crippen molar-refractivity contribution in [3.05, 3.63) is 59.7 Å². The van der Waals surface area contributed by atoms with E-state index < -0.39 is 0 Å². The number of hydrogen-bond acceptors (Lipinski definition) is 4. The molecule has 1 aliphatic rings. The van der Waals surface area contributed by atoms with Gasteiger partial charge in [-0.25, -0.2) is 4.39 Å². The SMILES string of the molecule is C[C@H](NC(=O)c1ccncc1)c1cc(F)ccc1N1CCN(C)CC1. The molecule has 1 fully saturated rings. The van der Waals surface area contributed by atoms with Crippen LogP contribution >= 0.6 is 0 Å². The zero-order chi connectivity index (χ0) is 17.8. The molecule has 2 heterocycles. The fourth-order valence-corrected chi connectivity index (χ4v) is 3.07. The predicted octanol–water partition coefficient (Wildman–Crippen LogP) is 2.46. The summed E-state index contributed by atoms with van der Waals surface area (Å²) in [5.41, 5.74) is 2.32. The molecule has 1 aromatic carbocycles. The lowest BCUT2D eigenvalue weighted by Gasteiger charge is -2.36. The van der Waals surface area contributed by atoms with E-state index in [0.717, 1.165) is 37.4 Å². The Balaban J connectivity index is 1.80. The Bertz CT molecular complexity index is 729. The van der Waals surface area contributed by atoms with E-state index in [4.69, 9.17) is 0 Å². The van der Waals surface area contributed by atoms with E-state index in [1.165, 1.54) is 12.1 Å². The average molecular weight is 342 g/mol. The Morgan fingerprint density at radius 3 is 2.52 bits per heavy atom. The van der Waals surface area contributed by atoms with E-state index in [2.05, 4.69) is 27.1 Å². The van der Waals surface area contributed by atoms with Crippen LogP contribution in [0.2, 0.25) is 0 Å². The molecule has 1 aromatic heterocycles. The average Bonchev–Trinajstić information content (AvgIpc) is 2.63. The number of halogens is 1. The molecular formula is C19H23FN4O. The molecule has 0 aliphatic carbocycles. The highest BCUT2D eigenvalue weighted by Crippen LogP contribution is 2.28. The largest absolute Gasteiger partial charge is 0.369 e. The van der Waals surface area contributed by atoms with Crippen molar-refractivity contribution in [3.63, 3.8) is 0 Å². The summed E-state index contributed by atoms with van der Waals surface area (Å²) in [5.74, 6) is -0.485. The summed E-state index contributed by atoms with van der Waals surface area (Å²) in [6.07, 6.45) is 3.16. The molecule has 1 aliphatic heterocycles. The lowest BCUT2D eigenvalue weighted by atomic mass is 10.0. The lowest BCUT2D eigenvalue weighted by Crippen LogP contribution is -2.45. The number of benzene rings is 1. The number of aromatic nitrogens is 1. The molecule has 1 amide bonds. The topological polar surface area (TPSA) is 48.5 Å². The second kappa shape index (κ2) is 7.61. The van der Waals surface area contributed by atoms with Gasteiger partial charge in [-0.2, -0.15) is 0 Å². The number of nitrogens with one attached hydrogen (secondary N) is 1. The number of nitrogens with zero attached hydrogens (tertiary/aromatic N) is 3. The Kier molecular flexibility index (Phi) is 5.28. The number of likely N-dealkylation sites (N-methyl/N-ethyl adjacent to an activating group) is 1. The third-order valence-corrected chi connectivity index (χ3v) is 4.59.